The Morgan fingerprint density at radius 1 is 0.857 bits per heavy atom. The highest BCUT2D eigenvalue weighted by atomic mass is 14.8. The molecule has 0 fully saturated rings. The zero-order valence-corrected chi connectivity index (χ0v) is 16.4. The molecule has 28 heavy (non-hydrogen) atoms. The maximum Gasteiger partial charge on any atom is 0.0417 e. The van der Waals surface area contributed by atoms with Gasteiger partial charge in [0.05, 0.1) is 0 Å². The summed E-state index contributed by atoms with van der Waals surface area (Å²) in [4.78, 5) is 0. The van der Waals surface area contributed by atoms with Crippen molar-refractivity contribution in [3.05, 3.63) is 91.0 Å². The van der Waals surface area contributed by atoms with Crippen molar-refractivity contribution in [3.63, 3.8) is 0 Å². The van der Waals surface area contributed by atoms with E-state index in [0.717, 1.165) is 22.5 Å². The van der Waals surface area contributed by atoms with Gasteiger partial charge in [-0.1, -0.05) is 68.3 Å². The van der Waals surface area contributed by atoms with Crippen LogP contribution < -0.4 is 10.6 Å². The van der Waals surface area contributed by atoms with Crippen LogP contribution in [0.3, 0.4) is 0 Å². The molecular formula is C26H24N2. The molecule has 0 unspecified atom stereocenters. The molecule has 0 bridgehead atoms. The topological polar surface area (TPSA) is 24.1 Å². The van der Waals surface area contributed by atoms with Gasteiger partial charge in [-0.15, -0.1) is 0 Å². The van der Waals surface area contributed by atoms with Gasteiger partial charge in [-0.05, 0) is 50.0 Å². The molecule has 0 amide bonds. The Labute approximate surface area is 165 Å². The number of hydrogen-bond donors (Lipinski definition) is 2. The summed E-state index contributed by atoms with van der Waals surface area (Å²) < 4.78 is 0. The van der Waals surface area contributed by atoms with Crippen LogP contribution in [-0.2, 0) is 0 Å². The van der Waals surface area contributed by atoms with Gasteiger partial charge in [0, 0.05) is 36.6 Å². The third kappa shape index (κ3) is 2.49. The fraction of sp³-hybridized carbons (Fsp3) is 0.0769. The monoisotopic (exact) mass is 364 g/mol. The molecule has 0 heterocycles. The van der Waals surface area contributed by atoms with E-state index in [9.17, 15) is 0 Å². The third-order valence-corrected chi connectivity index (χ3v) is 5.48. The smallest absolute Gasteiger partial charge is 0.0417 e. The van der Waals surface area contributed by atoms with E-state index >= 15 is 0 Å². The predicted octanol–water partition coefficient (Wildman–Crippen LogP) is 6.16. The van der Waals surface area contributed by atoms with Crippen LogP contribution in [-0.4, -0.2) is 14.1 Å². The molecule has 0 radical (unpaired) electrons. The van der Waals surface area contributed by atoms with E-state index in [1.807, 2.05) is 32.3 Å². The van der Waals surface area contributed by atoms with E-state index in [1.165, 1.54) is 37.9 Å². The lowest BCUT2D eigenvalue weighted by molar-refractivity contribution is 1.13. The van der Waals surface area contributed by atoms with Gasteiger partial charge in [-0.2, -0.15) is 0 Å². The Morgan fingerprint density at radius 2 is 1.54 bits per heavy atom. The first-order valence-corrected chi connectivity index (χ1v) is 9.39. The Balaban J connectivity index is 2.22. The van der Waals surface area contributed by atoms with Crippen molar-refractivity contribution in [2.75, 3.05) is 14.1 Å². The highest BCUT2D eigenvalue weighted by Gasteiger charge is 2.17. The van der Waals surface area contributed by atoms with Gasteiger partial charge in [-0.3, -0.25) is 0 Å². The van der Waals surface area contributed by atoms with Crippen molar-refractivity contribution in [1.29, 1.82) is 0 Å². The van der Waals surface area contributed by atoms with Gasteiger partial charge in [0.2, 0.25) is 0 Å². The second-order valence-electron chi connectivity index (χ2n) is 6.88. The number of nitrogens with one attached hydrogen (secondary N) is 2. The molecule has 2 nitrogen and oxygen atoms in total. The first-order chi connectivity index (χ1) is 13.6. The Bertz CT molecular complexity index is 1270. The SMILES string of the molecule is C=C/C=C(\NC)c1ccc2ccc3c(C(=C)NC)c(C=C)cc4ccc1c2c43. The van der Waals surface area contributed by atoms with Crippen LogP contribution in [0.2, 0.25) is 0 Å². The fourth-order valence-corrected chi connectivity index (χ4v) is 4.18. The van der Waals surface area contributed by atoms with Crippen molar-refractivity contribution in [1.82, 2.24) is 10.6 Å². The lowest BCUT2D eigenvalue weighted by atomic mass is 9.87. The highest BCUT2D eigenvalue weighted by Crippen LogP contribution is 2.41. The first-order valence-electron chi connectivity index (χ1n) is 9.39. The van der Waals surface area contributed by atoms with E-state index < -0.39 is 0 Å². The summed E-state index contributed by atoms with van der Waals surface area (Å²) in [6.07, 6.45) is 5.73. The van der Waals surface area contributed by atoms with E-state index in [0.29, 0.717) is 0 Å². The van der Waals surface area contributed by atoms with Crippen LogP contribution in [0.5, 0.6) is 0 Å². The van der Waals surface area contributed by atoms with Gasteiger partial charge < -0.3 is 10.6 Å². The second-order valence-corrected chi connectivity index (χ2v) is 6.88. The van der Waals surface area contributed by atoms with E-state index in [1.54, 1.807) is 0 Å². The molecule has 0 aliphatic carbocycles. The average Bonchev–Trinajstić information content (AvgIpc) is 2.74. The first kappa shape index (κ1) is 17.9. The van der Waals surface area contributed by atoms with Crippen LogP contribution in [0.25, 0.3) is 49.8 Å². The Kier molecular flexibility index (Phi) is 4.40. The van der Waals surface area contributed by atoms with Gasteiger partial charge in [0.25, 0.3) is 0 Å². The van der Waals surface area contributed by atoms with Crippen LogP contribution >= 0.6 is 0 Å². The summed E-state index contributed by atoms with van der Waals surface area (Å²) in [6, 6.07) is 15.4. The molecule has 0 saturated heterocycles. The molecule has 4 aromatic carbocycles. The van der Waals surface area contributed by atoms with Crippen molar-refractivity contribution in [2.24, 2.45) is 0 Å². The Morgan fingerprint density at radius 3 is 2.21 bits per heavy atom. The van der Waals surface area contributed by atoms with Crippen molar-refractivity contribution in [3.8, 4) is 0 Å². The van der Waals surface area contributed by atoms with Crippen molar-refractivity contribution < 1.29 is 0 Å². The van der Waals surface area contributed by atoms with Gasteiger partial charge in [-0.25, -0.2) is 0 Å². The molecule has 138 valence electrons. The molecule has 4 rings (SSSR count). The fourth-order valence-electron chi connectivity index (χ4n) is 4.18. The van der Waals surface area contributed by atoms with Crippen LogP contribution in [0.15, 0.2) is 74.4 Å². The normalized spacial score (nSPS) is 11.9. The summed E-state index contributed by atoms with van der Waals surface area (Å²) in [5.74, 6) is 0. The molecular weight excluding hydrogens is 340 g/mol. The third-order valence-electron chi connectivity index (χ3n) is 5.48. The van der Waals surface area contributed by atoms with Crippen LogP contribution in [0.1, 0.15) is 16.7 Å². The summed E-state index contributed by atoms with van der Waals surface area (Å²) in [5.41, 5.74) is 5.33. The minimum absolute atomic E-state index is 0.899. The zero-order chi connectivity index (χ0) is 19.8. The van der Waals surface area contributed by atoms with Crippen LogP contribution in [0.4, 0.5) is 0 Å². The molecule has 0 aliphatic rings. The molecule has 0 atom stereocenters. The quantitative estimate of drug-likeness (QED) is 0.316. The van der Waals surface area contributed by atoms with E-state index in [4.69, 9.17) is 0 Å². The minimum Gasteiger partial charge on any atom is -0.388 e. The van der Waals surface area contributed by atoms with Crippen molar-refractivity contribution in [2.45, 2.75) is 0 Å². The molecule has 0 aliphatic heterocycles. The second kappa shape index (κ2) is 6.90. The minimum atomic E-state index is 0.899. The summed E-state index contributed by atoms with van der Waals surface area (Å²) in [5, 5.41) is 13.9. The maximum atomic E-state index is 4.23. The summed E-state index contributed by atoms with van der Waals surface area (Å²) >= 11 is 0. The Hall–Kier alpha value is -3.52. The number of benzene rings is 4. The number of hydrogen-bond acceptors (Lipinski definition) is 2. The molecule has 0 saturated carbocycles. The molecule has 2 heteroatoms. The molecule has 0 spiro atoms. The van der Waals surface area contributed by atoms with Crippen LogP contribution in [0, 0.1) is 0 Å². The number of rotatable bonds is 6. The summed E-state index contributed by atoms with van der Waals surface area (Å²) in [6.45, 7) is 12.1. The lowest BCUT2D eigenvalue weighted by Crippen LogP contribution is -2.06. The highest BCUT2D eigenvalue weighted by molar-refractivity contribution is 6.26. The van der Waals surface area contributed by atoms with Gasteiger partial charge >= 0.3 is 0 Å². The molecule has 2 N–H and O–H groups in total. The summed E-state index contributed by atoms with van der Waals surface area (Å²) in [7, 11) is 3.85. The predicted molar refractivity (Wildman–Crippen MR) is 126 cm³/mol. The standard InChI is InChI=1S/C26H24N2/c1-6-8-23(28-5)20-12-9-18-10-14-22-24(16(3)27-4)17(7-2)15-19-11-13-21(20)25(18)26(19)22/h6-15,27-28H,1-3H2,4-5H3/b23-8-. The average molecular weight is 364 g/mol. The van der Waals surface area contributed by atoms with Gasteiger partial charge in [0.15, 0.2) is 0 Å². The lowest BCUT2D eigenvalue weighted by Gasteiger charge is -2.19. The van der Waals surface area contributed by atoms with E-state index in [2.05, 4.69) is 72.8 Å². The largest absolute Gasteiger partial charge is 0.388 e. The molecule has 0 aromatic heterocycles. The molecule has 4 aromatic rings. The van der Waals surface area contributed by atoms with Crippen molar-refractivity contribution >= 4 is 49.8 Å². The number of allylic oxidation sites excluding steroid dienone is 2. The van der Waals surface area contributed by atoms with Gasteiger partial charge in [0.1, 0.15) is 0 Å². The maximum absolute atomic E-state index is 4.23. The zero-order valence-electron chi connectivity index (χ0n) is 16.4. The van der Waals surface area contributed by atoms with E-state index in [-0.39, 0.29) is 0 Å².